The van der Waals surface area contributed by atoms with Crippen LogP contribution in [0, 0.1) is 18.8 Å². The Morgan fingerprint density at radius 3 is 2.51 bits per heavy atom. The second-order valence-electron chi connectivity index (χ2n) is 11.9. The standard InChI is InChI=1S/C33H46N2O4/c1-23(2)38-32(36)20-26-9-6-10-31(19-26)39-30-15-12-27(13-16-30)33(37)34(5)29-14-11-28(25(4)18-29)22-35-17-7-8-24(3)21-35/h6,9-11,14,18-19,23-24,27,30H,7-8,12-13,15-17,20-22H2,1-5H3/t24-,27?,30?/m1/s1. The number of likely N-dealkylation sites (tertiary alicyclic amines) is 1. The molecule has 1 aliphatic heterocycles. The number of piperidine rings is 1. The molecule has 0 unspecified atom stereocenters. The lowest BCUT2D eigenvalue weighted by atomic mass is 9.86. The second kappa shape index (κ2) is 13.5. The van der Waals surface area contributed by atoms with Gasteiger partial charge in [-0.2, -0.15) is 0 Å². The second-order valence-corrected chi connectivity index (χ2v) is 11.9. The van der Waals surface area contributed by atoms with Gasteiger partial charge in [-0.3, -0.25) is 14.5 Å². The molecular formula is C33H46N2O4. The van der Waals surface area contributed by atoms with Crippen molar-refractivity contribution >= 4 is 17.6 Å². The summed E-state index contributed by atoms with van der Waals surface area (Å²) < 4.78 is 11.5. The van der Waals surface area contributed by atoms with Crippen LogP contribution in [0.5, 0.6) is 5.75 Å². The Kier molecular flexibility index (Phi) is 10.1. The summed E-state index contributed by atoms with van der Waals surface area (Å²) in [6, 6.07) is 14.2. The molecule has 1 heterocycles. The molecule has 1 saturated carbocycles. The van der Waals surface area contributed by atoms with E-state index in [0.717, 1.165) is 55.1 Å². The summed E-state index contributed by atoms with van der Waals surface area (Å²) in [4.78, 5) is 29.8. The lowest BCUT2D eigenvalue weighted by Gasteiger charge is -2.32. The number of ether oxygens (including phenoxy) is 2. The Labute approximate surface area is 234 Å². The van der Waals surface area contributed by atoms with Crippen molar-refractivity contribution in [2.75, 3.05) is 25.0 Å². The number of rotatable bonds is 9. The van der Waals surface area contributed by atoms with Crippen molar-refractivity contribution in [2.24, 2.45) is 11.8 Å². The lowest BCUT2D eigenvalue weighted by molar-refractivity contribution is -0.146. The summed E-state index contributed by atoms with van der Waals surface area (Å²) in [5, 5.41) is 0. The number of amides is 1. The fourth-order valence-electron chi connectivity index (χ4n) is 5.96. The van der Waals surface area contributed by atoms with Crippen molar-refractivity contribution in [3.8, 4) is 5.75 Å². The van der Waals surface area contributed by atoms with Crippen LogP contribution in [0.1, 0.15) is 76.0 Å². The van der Waals surface area contributed by atoms with Gasteiger partial charge in [0.1, 0.15) is 5.75 Å². The van der Waals surface area contributed by atoms with Crippen molar-refractivity contribution < 1.29 is 19.1 Å². The minimum absolute atomic E-state index is 0.0156. The average molecular weight is 535 g/mol. The largest absolute Gasteiger partial charge is 0.490 e. The van der Waals surface area contributed by atoms with Gasteiger partial charge in [0.2, 0.25) is 5.91 Å². The minimum Gasteiger partial charge on any atom is -0.490 e. The van der Waals surface area contributed by atoms with Crippen LogP contribution in [-0.2, 0) is 27.3 Å². The molecule has 0 N–H and O–H groups in total. The van der Waals surface area contributed by atoms with Gasteiger partial charge >= 0.3 is 5.97 Å². The van der Waals surface area contributed by atoms with E-state index in [1.807, 2.05) is 50.1 Å². The fourth-order valence-corrected chi connectivity index (χ4v) is 5.96. The molecule has 2 aromatic carbocycles. The van der Waals surface area contributed by atoms with Crippen molar-refractivity contribution in [1.29, 1.82) is 0 Å². The summed E-state index contributed by atoms with van der Waals surface area (Å²) in [5.74, 6) is 1.52. The van der Waals surface area contributed by atoms with Gasteiger partial charge in [-0.25, -0.2) is 0 Å². The third-order valence-corrected chi connectivity index (χ3v) is 8.12. The van der Waals surface area contributed by atoms with Crippen LogP contribution in [0.25, 0.3) is 0 Å². The van der Waals surface area contributed by atoms with E-state index in [-0.39, 0.29) is 36.4 Å². The molecule has 39 heavy (non-hydrogen) atoms. The first-order chi connectivity index (χ1) is 18.7. The molecule has 2 aromatic rings. The fraction of sp³-hybridized carbons (Fsp3) is 0.576. The molecule has 6 nitrogen and oxygen atoms in total. The van der Waals surface area contributed by atoms with Crippen LogP contribution in [-0.4, -0.2) is 49.1 Å². The van der Waals surface area contributed by atoms with Gasteiger partial charge in [0, 0.05) is 31.7 Å². The van der Waals surface area contributed by atoms with E-state index in [0.29, 0.717) is 0 Å². The highest BCUT2D eigenvalue weighted by atomic mass is 16.5. The first-order valence-corrected chi connectivity index (χ1v) is 14.7. The summed E-state index contributed by atoms with van der Waals surface area (Å²) in [5.41, 5.74) is 4.46. The molecule has 4 rings (SSSR count). The Morgan fingerprint density at radius 2 is 1.82 bits per heavy atom. The topological polar surface area (TPSA) is 59.1 Å². The first-order valence-electron chi connectivity index (χ1n) is 14.7. The Hall–Kier alpha value is -2.86. The number of nitrogens with zero attached hydrogens (tertiary/aromatic N) is 2. The van der Waals surface area contributed by atoms with Gasteiger partial charge < -0.3 is 14.4 Å². The monoisotopic (exact) mass is 534 g/mol. The molecule has 0 radical (unpaired) electrons. The number of esters is 1. The van der Waals surface area contributed by atoms with Gasteiger partial charge in [0.15, 0.2) is 0 Å². The van der Waals surface area contributed by atoms with E-state index >= 15 is 0 Å². The van der Waals surface area contributed by atoms with Crippen LogP contribution in [0.2, 0.25) is 0 Å². The number of carbonyl (C=O) groups excluding carboxylic acids is 2. The molecule has 0 spiro atoms. The van der Waals surface area contributed by atoms with E-state index in [1.165, 1.54) is 37.1 Å². The highest BCUT2D eigenvalue weighted by Gasteiger charge is 2.30. The third kappa shape index (κ3) is 8.31. The lowest BCUT2D eigenvalue weighted by Crippen LogP contribution is -2.37. The molecule has 6 heteroatoms. The predicted octanol–water partition coefficient (Wildman–Crippen LogP) is 6.32. The first kappa shape index (κ1) is 29.1. The van der Waals surface area contributed by atoms with Crippen LogP contribution < -0.4 is 9.64 Å². The Bertz CT molecular complexity index is 1120. The van der Waals surface area contributed by atoms with Crippen LogP contribution in [0.4, 0.5) is 5.69 Å². The molecule has 1 saturated heterocycles. The smallest absolute Gasteiger partial charge is 0.310 e. The number of aryl methyl sites for hydroxylation is 1. The zero-order valence-corrected chi connectivity index (χ0v) is 24.4. The van der Waals surface area contributed by atoms with E-state index in [1.54, 1.807) is 0 Å². The van der Waals surface area contributed by atoms with Gasteiger partial charge in [-0.1, -0.05) is 25.1 Å². The maximum atomic E-state index is 13.4. The molecule has 1 atom stereocenters. The molecule has 1 aliphatic carbocycles. The van der Waals surface area contributed by atoms with E-state index in [4.69, 9.17) is 9.47 Å². The molecule has 2 aliphatic rings. The van der Waals surface area contributed by atoms with Crippen molar-refractivity contribution in [1.82, 2.24) is 4.90 Å². The quantitative estimate of drug-likeness (QED) is 0.352. The zero-order valence-electron chi connectivity index (χ0n) is 24.4. The van der Waals surface area contributed by atoms with E-state index < -0.39 is 0 Å². The number of benzene rings is 2. The Balaban J connectivity index is 1.27. The van der Waals surface area contributed by atoms with Crippen LogP contribution in [0.15, 0.2) is 42.5 Å². The summed E-state index contributed by atoms with van der Waals surface area (Å²) >= 11 is 0. The summed E-state index contributed by atoms with van der Waals surface area (Å²) in [6.45, 7) is 11.5. The SMILES string of the molecule is Cc1cc(N(C)C(=O)C2CCC(Oc3cccc(CC(=O)OC(C)C)c3)CC2)ccc1CN1CCC[C@@H](C)C1. The number of carbonyl (C=O) groups is 2. The minimum atomic E-state index is -0.230. The number of hydrogen-bond donors (Lipinski definition) is 0. The molecule has 2 fully saturated rings. The van der Waals surface area contributed by atoms with Crippen molar-refractivity contribution in [3.05, 3.63) is 59.2 Å². The van der Waals surface area contributed by atoms with Crippen LogP contribution >= 0.6 is 0 Å². The summed E-state index contributed by atoms with van der Waals surface area (Å²) in [7, 11) is 1.90. The third-order valence-electron chi connectivity index (χ3n) is 8.12. The molecular weight excluding hydrogens is 488 g/mol. The van der Waals surface area contributed by atoms with Crippen molar-refractivity contribution in [2.45, 2.75) is 91.4 Å². The van der Waals surface area contributed by atoms with Gasteiger partial charge in [-0.05, 0) is 113 Å². The van der Waals surface area contributed by atoms with Gasteiger partial charge in [0.05, 0.1) is 18.6 Å². The molecule has 0 aromatic heterocycles. The number of hydrogen-bond acceptors (Lipinski definition) is 5. The van der Waals surface area contributed by atoms with Crippen molar-refractivity contribution in [3.63, 3.8) is 0 Å². The summed E-state index contributed by atoms with van der Waals surface area (Å²) in [6.07, 6.45) is 6.13. The highest BCUT2D eigenvalue weighted by Crippen LogP contribution is 2.31. The van der Waals surface area contributed by atoms with E-state index in [9.17, 15) is 9.59 Å². The maximum Gasteiger partial charge on any atom is 0.310 e. The molecule has 0 bridgehead atoms. The van der Waals surface area contributed by atoms with Gasteiger partial charge in [0.25, 0.3) is 0 Å². The maximum absolute atomic E-state index is 13.4. The van der Waals surface area contributed by atoms with E-state index in [2.05, 4.69) is 36.9 Å². The van der Waals surface area contributed by atoms with Crippen LogP contribution in [0.3, 0.4) is 0 Å². The normalized spacial score (nSPS) is 21.9. The Morgan fingerprint density at radius 1 is 1.05 bits per heavy atom. The predicted molar refractivity (Wildman–Crippen MR) is 156 cm³/mol. The highest BCUT2D eigenvalue weighted by molar-refractivity contribution is 5.94. The zero-order chi connectivity index (χ0) is 27.9. The van der Waals surface area contributed by atoms with Gasteiger partial charge in [-0.15, -0.1) is 0 Å². The number of anilines is 1. The average Bonchev–Trinajstić information content (AvgIpc) is 2.89. The molecule has 212 valence electrons. The molecule has 1 amide bonds.